The van der Waals surface area contributed by atoms with E-state index in [9.17, 15) is 4.79 Å². The summed E-state index contributed by atoms with van der Waals surface area (Å²) in [5.41, 5.74) is 1.28. The molecule has 0 saturated carbocycles. The molecule has 1 heterocycles. The number of amides is 1. The van der Waals surface area contributed by atoms with E-state index in [-0.39, 0.29) is 17.4 Å². The van der Waals surface area contributed by atoms with Crippen LogP contribution < -0.4 is 5.32 Å². The van der Waals surface area contributed by atoms with Crippen LogP contribution in [0.4, 0.5) is 0 Å². The van der Waals surface area contributed by atoms with Crippen molar-refractivity contribution in [1.29, 1.82) is 0 Å². The highest BCUT2D eigenvalue weighted by atomic mass is 32.1. The van der Waals surface area contributed by atoms with Crippen molar-refractivity contribution in [1.82, 2.24) is 10.2 Å². The fourth-order valence-corrected chi connectivity index (χ4v) is 4.05. The first kappa shape index (κ1) is 20.2. The van der Waals surface area contributed by atoms with E-state index in [0.717, 1.165) is 32.5 Å². The number of nitrogens with zero attached hydrogens (tertiary/aromatic N) is 1. The number of hydrogen-bond acceptors (Lipinski definition) is 3. The van der Waals surface area contributed by atoms with Gasteiger partial charge in [0.25, 0.3) is 0 Å². The van der Waals surface area contributed by atoms with Crippen LogP contribution in [-0.4, -0.2) is 41.7 Å². The van der Waals surface area contributed by atoms with Gasteiger partial charge < -0.3 is 10.2 Å². The molecule has 2 aromatic carbocycles. The van der Waals surface area contributed by atoms with Gasteiger partial charge in [-0.3, -0.25) is 4.79 Å². The van der Waals surface area contributed by atoms with Crippen LogP contribution in [0.1, 0.15) is 39.2 Å². The average Bonchev–Trinajstić information content (AvgIpc) is 3.01. The van der Waals surface area contributed by atoms with Gasteiger partial charge in [0.1, 0.15) is 0 Å². The van der Waals surface area contributed by atoms with Crippen LogP contribution in [-0.2, 0) is 11.2 Å². The van der Waals surface area contributed by atoms with Gasteiger partial charge >= 0.3 is 0 Å². The summed E-state index contributed by atoms with van der Waals surface area (Å²) in [6, 6.07) is 15.3. The zero-order chi connectivity index (χ0) is 19.4. The van der Waals surface area contributed by atoms with Crippen LogP contribution in [0.5, 0.6) is 0 Å². The molecule has 0 aromatic heterocycles. The summed E-state index contributed by atoms with van der Waals surface area (Å²) in [4.78, 5) is 15.0. The number of fused-ring (bicyclic) bond motifs is 1. The maximum absolute atomic E-state index is 13.0. The minimum absolute atomic E-state index is 0.00174. The molecule has 3 nitrogen and oxygen atoms in total. The van der Waals surface area contributed by atoms with E-state index >= 15 is 0 Å². The minimum Gasteiger partial charge on any atom is -0.341 e. The minimum atomic E-state index is 0.00174. The second-order valence-electron chi connectivity index (χ2n) is 8.93. The molecule has 146 valence electrons. The van der Waals surface area contributed by atoms with Crippen molar-refractivity contribution in [3.05, 3.63) is 48.0 Å². The SMILES string of the molecule is CC(C)(C)CC(=O)N(CCc1ccc2ccccc2c1)C[C@H]1NCC[C@H]1S. The number of carbonyl (C=O) groups excluding carboxylic acids is 1. The van der Waals surface area contributed by atoms with Gasteiger partial charge in [-0.15, -0.1) is 0 Å². The lowest BCUT2D eigenvalue weighted by Crippen LogP contribution is -2.45. The zero-order valence-electron chi connectivity index (χ0n) is 16.7. The summed E-state index contributed by atoms with van der Waals surface area (Å²) in [7, 11) is 0. The van der Waals surface area contributed by atoms with E-state index in [4.69, 9.17) is 12.6 Å². The number of hydrogen-bond donors (Lipinski definition) is 2. The third-order valence-electron chi connectivity index (χ3n) is 5.25. The molecule has 0 aliphatic carbocycles. The number of benzene rings is 2. The predicted molar refractivity (Wildman–Crippen MR) is 117 cm³/mol. The molecule has 1 amide bonds. The highest BCUT2D eigenvalue weighted by molar-refractivity contribution is 7.81. The van der Waals surface area contributed by atoms with E-state index in [1.165, 1.54) is 16.3 Å². The average molecular weight is 385 g/mol. The zero-order valence-corrected chi connectivity index (χ0v) is 17.6. The Morgan fingerprint density at radius 1 is 1.19 bits per heavy atom. The molecular formula is C23H32N2OS. The van der Waals surface area contributed by atoms with Crippen molar-refractivity contribution in [3.8, 4) is 0 Å². The molecule has 2 aromatic rings. The molecule has 27 heavy (non-hydrogen) atoms. The molecule has 3 rings (SSSR count). The highest BCUT2D eigenvalue weighted by Gasteiger charge is 2.29. The Hall–Kier alpha value is -1.52. The highest BCUT2D eigenvalue weighted by Crippen LogP contribution is 2.22. The van der Waals surface area contributed by atoms with Crippen molar-refractivity contribution in [3.63, 3.8) is 0 Å². The summed E-state index contributed by atoms with van der Waals surface area (Å²) < 4.78 is 0. The third-order valence-corrected chi connectivity index (χ3v) is 5.86. The van der Waals surface area contributed by atoms with Crippen LogP contribution in [0, 0.1) is 5.41 Å². The summed E-state index contributed by atoms with van der Waals surface area (Å²) in [5.74, 6) is 0.248. The Balaban J connectivity index is 1.69. The Bertz CT molecular complexity index is 783. The second-order valence-corrected chi connectivity index (χ2v) is 9.59. The van der Waals surface area contributed by atoms with Gasteiger partial charge in [-0.1, -0.05) is 63.2 Å². The van der Waals surface area contributed by atoms with E-state index < -0.39 is 0 Å². The topological polar surface area (TPSA) is 32.3 Å². The quantitative estimate of drug-likeness (QED) is 0.728. The van der Waals surface area contributed by atoms with Gasteiger partial charge in [-0.25, -0.2) is 0 Å². The molecular weight excluding hydrogens is 352 g/mol. The Morgan fingerprint density at radius 3 is 2.59 bits per heavy atom. The van der Waals surface area contributed by atoms with Crippen LogP contribution in [0.15, 0.2) is 42.5 Å². The number of rotatable bonds is 6. The molecule has 0 bridgehead atoms. The Kier molecular flexibility index (Phi) is 6.48. The summed E-state index contributed by atoms with van der Waals surface area (Å²) >= 11 is 4.69. The number of carbonyl (C=O) groups is 1. The van der Waals surface area contributed by atoms with E-state index in [2.05, 4.69) is 68.6 Å². The van der Waals surface area contributed by atoms with Crippen molar-refractivity contribution < 1.29 is 4.79 Å². The largest absolute Gasteiger partial charge is 0.341 e. The van der Waals surface area contributed by atoms with Crippen LogP contribution >= 0.6 is 12.6 Å². The first-order valence-corrected chi connectivity index (χ1v) is 10.5. The molecule has 1 saturated heterocycles. The molecule has 0 unspecified atom stereocenters. The second kappa shape index (κ2) is 8.66. The van der Waals surface area contributed by atoms with Crippen molar-refractivity contribution in [2.75, 3.05) is 19.6 Å². The lowest BCUT2D eigenvalue weighted by atomic mass is 9.91. The Morgan fingerprint density at radius 2 is 1.93 bits per heavy atom. The van der Waals surface area contributed by atoms with Gasteiger partial charge in [0, 0.05) is 30.8 Å². The number of thiol groups is 1. The molecule has 2 atom stereocenters. The lowest BCUT2D eigenvalue weighted by Gasteiger charge is -2.30. The van der Waals surface area contributed by atoms with Gasteiger partial charge in [0.2, 0.25) is 5.91 Å². The Labute approximate surface area is 168 Å². The molecule has 1 aliphatic heterocycles. The smallest absolute Gasteiger partial charge is 0.223 e. The monoisotopic (exact) mass is 384 g/mol. The van der Waals surface area contributed by atoms with Crippen molar-refractivity contribution >= 4 is 29.3 Å². The maximum atomic E-state index is 13.0. The standard InChI is InChI=1S/C23H32N2OS/c1-23(2,3)15-22(26)25(16-20-21(27)10-12-24-20)13-11-17-8-9-18-6-4-5-7-19(18)14-17/h4-9,14,20-21,24,27H,10-13,15-16H2,1-3H3/t20-,21-/m1/s1. The van der Waals surface area contributed by atoms with Crippen LogP contribution in [0.25, 0.3) is 10.8 Å². The van der Waals surface area contributed by atoms with Crippen molar-refractivity contribution in [2.45, 2.75) is 51.3 Å². The predicted octanol–water partition coefficient (Wildman–Crippen LogP) is 4.31. The molecule has 1 aliphatic rings. The molecule has 4 heteroatoms. The summed E-state index contributed by atoms with van der Waals surface area (Å²) in [6.45, 7) is 8.87. The lowest BCUT2D eigenvalue weighted by molar-refractivity contribution is -0.133. The first-order valence-electron chi connectivity index (χ1n) is 9.99. The van der Waals surface area contributed by atoms with E-state index in [1.807, 2.05) is 4.90 Å². The van der Waals surface area contributed by atoms with E-state index in [1.54, 1.807) is 0 Å². The van der Waals surface area contributed by atoms with Crippen molar-refractivity contribution in [2.24, 2.45) is 5.41 Å². The van der Waals surface area contributed by atoms with Gasteiger partial charge in [0.15, 0.2) is 0 Å². The van der Waals surface area contributed by atoms with E-state index in [0.29, 0.717) is 11.7 Å². The summed E-state index contributed by atoms with van der Waals surface area (Å²) in [5, 5.41) is 6.35. The van der Waals surface area contributed by atoms with Crippen LogP contribution in [0.2, 0.25) is 0 Å². The van der Waals surface area contributed by atoms with Gasteiger partial charge in [0.05, 0.1) is 0 Å². The molecule has 1 fully saturated rings. The fraction of sp³-hybridized carbons (Fsp3) is 0.522. The third kappa shape index (κ3) is 5.73. The fourth-order valence-electron chi connectivity index (χ4n) is 3.72. The summed E-state index contributed by atoms with van der Waals surface area (Å²) in [6.07, 6.45) is 2.53. The maximum Gasteiger partial charge on any atom is 0.223 e. The van der Waals surface area contributed by atoms with Crippen LogP contribution in [0.3, 0.4) is 0 Å². The molecule has 0 spiro atoms. The van der Waals surface area contributed by atoms with Gasteiger partial charge in [-0.2, -0.15) is 12.6 Å². The van der Waals surface area contributed by atoms with Gasteiger partial charge in [-0.05, 0) is 41.1 Å². The number of nitrogens with one attached hydrogen (secondary N) is 1. The first-order chi connectivity index (χ1) is 12.8. The normalized spacial score (nSPS) is 20.1. The molecule has 0 radical (unpaired) electrons. The molecule has 1 N–H and O–H groups in total.